The van der Waals surface area contributed by atoms with E-state index in [0.29, 0.717) is 12.0 Å². The van der Waals surface area contributed by atoms with Gasteiger partial charge < -0.3 is 4.74 Å². The fourth-order valence-electron chi connectivity index (χ4n) is 1.80. The molecule has 0 fully saturated rings. The molecule has 3 nitrogen and oxygen atoms in total. The number of hydrazine groups is 1. The predicted molar refractivity (Wildman–Crippen MR) is 69.9 cm³/mol. The molecule has 0 aliphatic rings. The van der Waals surface area contributed by atoms with Crippen molar-refractivity contribution in [3.05, 3.63) is 34.1 Å². The summed E-state index contributed by atoms with van der Waals surface area (Å²) < 4.78 is 20.1. The highest BCUT2D eigenvalue weighted by Crippen LogP contribution is 2.33. The number of halogens is 2. The number of rotatable bonds is 5. The van der Waals surface area contributed by atoms with Crippen LogP contribution in [0.5, 0.6) is 0 Å². The summed E-state index contributed by atoms with van der Waals surface area (Å²) >= 11 is 3.33. The van der Waals surface area contributed by atoms with E-state index in [2.05, 4.69) is 21.4 Å². The van der Waals surface area contributed by atoms with Crippen LogP contribution in [0.4, 0.5) is 4.39 Å². The number of ether oxygens (including phenoxy) is 1. The van der Waals surface area contributed by atoms with E-state index in [-0.39, 0.29) is 5.82 Å². The maximum absolute atomic E-state index is 13.8. The second-order valence-corrected chi connectivity index (χ2v) is 5.05. The van der Waals surface area contributed by atoms with Gasteiger partial charge in [0, 0.05) is 17.1 Å². The molecule has 0 heterocycles. The first-order valence-electron chi connectivity index (χ1n) is 5.44. The second kappa shape index (κ2) is 5.91. The quantitative estimate of drug-likeness (QED) is 0.649. The zero-order valence-electron chi connectivity index (χ0n) is 10.3. The molecule has 96 valence electrons. The third-order valence-electron chi connectivity index (χ3n) is 3.21. The second-order valence-electron chi connectivity index (χ2n) is 4.14. The van der Waals surface area contributed by atoms with E-state index in [1.54, 1.807) is 19.2 Å². The Hall–Kier alpha value is -0.490. The molecule has 0 saturated carbocycles. The van der Waals surface area contributed by atoms with Crippen LogP contribution in [0.25, 0.3) is 0 Å². The topological polar surface area (TPSA) is 47.3 Å². The van der Waals surface area contributed by atoms with Gasteiger partial charge in [-0.2, -0.15) is 0 Å². The Kier molecular flexibility index (Phi) is 5.06. The number of nitrogens with two attached hydrogens (primary N) is 1. The lowest BCUT2D eigenvalue weighted by Crippen LogP contribution is -2.46. The highest BCUT2D eigenvalue weighted by atomic mass is 79.9. The van der Waals surface area contributed by atoms with Gasteiger partial charge in [-0.3, -0.25) is 5.84 Å². The Labute approximate surface area is 110 Å². The van der Waals surface area contributed by atoms with Crippen LogP contribution in [-0.4, -0.2) is 12.7 Å². The molecule has 0 aliphatic heterocycles. The molecule has 2 atom stereocenters. The molecule has 1 aromatic carbocycles. The number of methoxy groups -OCH3 is 1. The van der Waals surface area contributed by atoms with Gasteiger partial charge in [-0.15, -0.1) is 0 Å². The van der Waals surface area contributed by atoms with Gasteiger partial charge in [-0.05, 0) is 31.5 Å². The molecule has 5 heteroatoms. The first-order valence-corrected chi connectivity index (χ1v) is 6.24. The van der Waals surface area contributed by atoms with Crippen LogP contribution < -0.4 is 11.3 Å². The Morgan fingerprint density at radius 3 is 2.71 bits per heavy atom. The normalized spacial score (nSPS) is 16.6. The highest BCUT2D eigenvalue weighted by molar-refractivity contribution is 9.10. The Morgan fingerprint density at radius 2 is 2.24 bits per heavy atom. The van der Waals surface area contributed by atoms with Crippen LogP contribution in [0.3, 0.4) is 0 Å². The van der Waals surface area contributed by atoms with Crippen LogP contribution in [0.1, 0.15) is 31.9 Å². The van der Waals surface area contributed by atoms with Crippen molar-refractivity contribution in [3.8, 4) is 0 Å². The third kappa shape index (κ3) is 3.04. The van der Waals surface area contributed by atoms with Gasteiger partial charge in [0.1, 0.15) is 5.82 Å². The molecule has 1 aromatic rings. The maximum Gasteiger partial charge on any atom is 0.128 e. The lowest BCUT2D eigenvalue weighted by Gasteiger charge is -2.35. The van der Waals surface area contributed by atoms with Crippen molar-refractivity contribution >= 4 is 15.9 Å². The fraction of sp³-hybridized carbons (Fsp3) is 0.500. The zero-order chi connectivity index (χ0) is 13.1. The molecule has 0 aromatic heterocycles. The number of hydrogen-bond donors (Lipinski definition) is 2. The molecular weight excluding hydrogens is 287 g/mol. The van der Waals surface area contributed by atoms with Crippen LogP contribution >= 0.6 is 15.9 Å². The van der Waals surface area contributed by atoms with Crippen molar-refractivity contribution < 1.29 is 9.13 Å². The van der Waals surface area contributed by atoms with E-state index < -0.39 is 11.6 Å². The van der Waals surface area contributed by atoms with Crippen LogP contribution in [-0.2, 0) is 4.74 Å². The Morgan fingerprint density at radius 1 is 1.59 bits per heavy atom. The van der Waals surface area contributed by atoms with Gasteiger partial charge >= 0.3 is 0 Å². The SMILES string of the molecule is CCC(C)(OC)C(NN)c1cc(Br)ccc1F. The molecule has 0 radical (unpaired) electrons. The lowest BCUT2D eigenvalue weighted by atomic mass is 9.88. The lowest BCUT2D eigenvalue weighted by molar-refractivity contribution is -0.0309. The first-order chi connectivity index (χ1) is 7.98. The molecule has 0 aliphatic carbocycles. The van der Waals surface area contributed by atoms with E-state index in [1.165, 1.54) is 6.07 Å². The summed E-state index contributed by atoms with van der Waals surface area (Å²) in [6.45, 7) is 3.88. The van der Waals surface area contributed by atoms with Crippen LogP contribution in [0.2, 0.25) is 0 Å². The number of hydrogen-bond acceptors (Lipinski definition) is 3. The minimum absolute atomic E-state index is 0.298. The van der Waals surface area contributed by atoms with Gasteiger partial charge in [0.05, 0.1) is 11.6 Å². The summed E-state index contributed by atoms with van der Waals surface area (Å²) in [6, 6.07) is 4.38. The average Bonchev–Trinajstić information content (AvgIpc) is 2.34. The van der Waals surface area contributed by atoms with Crippen molar-refractivity contribution in [2.24, 2.45) is 5.84 Å². The molecule has 17 heavy (non-hydrogen) atoms. The minimum atomic E-state index is -0.559. The maximum atomic E-state index is 13.8. The van der Waals surface area contributed by atoms with Crippen molar-refractivity contribution in [1.82, 2.24) is 5.43 Å². The molecule has 0 saturated heterocycles. The van der Waals surface area contributed by atoms with E-state index >= 15 is 0 Å². The van der Waals surface area contributed by atoms with Gasteiger partial charge in [-0.1, -0.05) is 22.9 Å². The van der Waals surface area contributed by atoms with E-state index in [9.17, 15) is 4.39 Å². The summed E-state index contributed by atoms with van der Waals surface area (Å²) in [4.78, 5) is 0. The van der Waals surface area contributed by atoms with Gasteiger partial charge in [0.2, 0.25) is 0 Å². The summed E-state index contributed by atoms with van der Waals surface area (Å²) in [7, 11) is 1.60. The summed E-state index contributed by atoms with van der Waals surface area (Å²) in [5.74, 6) is 5.25. The van der Waals surface area contributed by atoms with Gasteiger partial charge in [0.25, 0.3) is 0 Å². The molecule has 3 N–H and O–H groups in total. The monoisotopic (exact) mass is 304 g/mol. The zero-order valence-corrected chi connectivity index (χ0v) is 11.8. The van der Waals surface area contributed by atoms with Crippen molar-refractivity contribution in [3.63, 3.8) is 0 Å². The molecule has 0 bridgehead atoms. The van der Waals surface area contributed by atoms with Gasteiger partial charge in [-0.25, -0.2) is 9.82 Å². The van der Waals surface area contributed by atoms with Gasteiger partial charge in [0.15, 0.2) is 0 Å². The molecule has 1 rings (SSSR count). The molecule has 2 unspecified atom stereocenters. The molecule has 0 spiro atoms. The first kappa shape index (κ1) is 14.6. The Bertz CT molecular complexity index is 383. The largest absolute Gasteiger partial charge is 0.376 e. The predicted octanol–water partition coefficient (Wildman–Crippen LogP) is 2.91. The number of benzene rings is 1. The summed E-state index contributed by atoms with van der Waals surface area (Å²) in [5.41, 5.74) is 2.58. The smallest absolute Gasteiger partial charge is 0.128 e. The average molecular weight is 305 g/mol. The highest BCUT2D eigenvalue weighted by Gasteiger charge is 2.34. The van der Waals surface area contributed by atoms with Crippen molar-refractivity contribution in [1.29, 1.82) is 0 Å². The molecular formula is C12H18BrFN2O. The van der Waals surface area contributed by atoms with Crippen molar-refractivity contribution in [2.45, 2.75) is 31.9 Å². The minimum Gasteiger partial charge on any atom is -0.376 e. The summed E-state index contributed by atoms with van der Waals surface area (Å²) in [6.07, 6.45) is 0.713. The van der Waals surface area contributed by atoms with Crippen molar-refractivity contribution in [2.75, 3.05) is 7.11 Å². The Balaban J connectivity index is 3.21. The van der Waals surface area contributed by atoms with E-state index in [0.717, 1.165) is 4.47 Å². The van der Waals surface area contributed by atoms with Crippen LogP contribution in [0, 0.1) is 5.82 Å². The summed E-state index contributed by atoms with van der Waals surface area (Å²) in [5, 5.41) is 0. The standard InChI is InChI=1S/C12H18BrFN2O/c1-4-12(2,17-3)11(16-15)9-7-8(13)5-6-10(9)14/h5-7,11,16H,4,15H2,1-3H3. The fourth-order valence-corrected chi connectivity index (χ4v) is 2.18. The van der Waals surface area contributed by atoms with E-state index in [1.807, 2.05) is 13.8 Å². The van der Waals surface area contributed by atoms with E-state index in [4.69, 9.17) is 10.6 Å². The van der Waals surface area contributed by atoms with Crippen LogP contribution in [0.15, 0.2) is 22.7 Å². The third-order valence-corrected chi connectivity index (χ3v) is 3.71. The number of nitrogens with one attached hydrogen (secondary N) is 1. The molecule has 0 amide bonds.